The fraction of sp³-hybridized carbons (Fsp3) is 0.222. The molecule has 2 heterocycles. The van der Waals surface area contributed by atoms with Crippen molar-refractivity contribution in [3.63, 3.8) is 0 Å². The predicted molar refractivity (Wildman–Crippen MR) is 95.0 cm³/mol. The Kier molecular flexibility index (Phi) is 3.65. The van der Waals surface area contributed by atoms with Gasteiger partial charge in [0.2, 0.25) is 0 Å². The predicted octanol–water partition coefficient (Wildman–Crippen LogP) is 3.78. The Labute approximate surface area is 144 Å². The van der Waals surface area contributed by atoms with Crippen molar-refractivity contribution in [2.24, 2.45) is 0 Å². The number of nitrogens with one attached hydrogen (secondary N) is 1. The van der Waals surface area contributed by atoms with Crippen LogP contribution in [0.3, 0.4) is 0 Å². The molecule has 4 rings (SSSR count). The first-order valence-electron chi connectivity index (χ1n) is 7.93. The Balaban J connectivity index is 1.66. The minimum absolute atomic E-state index is 0.0231. The molecule has 6 heteroatoms. The van der Waals surface area contributed by atoms with Gasteiger partial charge in [0.1, 0.15) is 0 Å². The van der Waals surface area contributed by atoms with E-state index in [-0.39, 0.29) is 11.9 Å². The van der Waals surface area contributed by atoms with Crippen molar-refractivity contribution in [3.8, 4) is 0 Å². The average molecular weight is 341 g/mol. The molecule has 2 aromatic carbocycles. The number of hydrogen-bond donors (Lipinski definition) is 2. The molecular formula is C18H17ClN4O. The molecular weight excluding hydrogens is 324 g/mol. The molecule has 0 bridgehead atoms. The van der Waals surface area contributed by atoms with Crippen LogP contribution in [0.4, 0.5) is 5.82 Å². The fourth-order valence-corrected chi connectivity index (χ4v) is 3.50. The first kappa shape index (κ1) is 15.0. The number of benzene rings is 2. The zero-order chi connectivity index (χ0) is 16.7. The summed E-state index contributed by atoms with van der Waals surface area (Å²) in [7, 11) is 0. The van der Waals surface area contributed by atoms with Crippen LogP contribution in [0.2, 0.25) is 5.02 Å². The Morgan fingerprint density at radius 2 is 2.04 bits per heavy atom. The lowest BCUT2D eigenvalue weighted by Crippen LogP contribution is -2.30. The van der Waals surface area contributed by atoms with E-state index < -0.39 is 0 Å². The number of aromatic amines is 1. The van der Waals surface area contributed by atoms with Gasteiger partial charge in [-0.15, -0.1) is 0 Å². The number of halogens is 1. The molecule has 1 aliphatic heterocycles. The quantitative estimate of drug-likeness (QED) is 0.745. The molecule has 24 heavy (non-hydrogen) atoms. The van der Waals surface area contributed by atoms with Gasteiger partial charge in [-0.1, -0.05) is 23.7 Å². The molecule has 1 fully saturated rings. The molecule has 122 valence electrons. The highest BCUT2D eigenvalue weighted by molar-refractivity contribution is 6.30. The van der Waals surface area contributed by atoms with Crippen LogP contribution in [0.15, 0.2) is 42.5 Å². The molecule has 1 aromatic heterocycles. The van der Waals surface area contributed by atoms with Crippen molar-refractivity contribution in [2.45, 2.75) is 18.9 Å². The van der Waals surface area contributed by atoms with Crippen molar-refractivity contribution < 1.29 is 4.79 Å². The Morgan fingerprint density at radius 3 is 2.83 bits per heavy atom. The maximum atomic E-state index is 13.0. The summed E-state index contributed by atoms with van der Waals surface area (Å²) in [5, 5.41) is 8.32. The smallest absolute Gasteiger partial charge is 0.254 e. The van der Waals surface area contributed by atoms with Crippen molar-refractivity contribution >= 4 is 34.2 Å². The summed E-state index contributed by atoms with van der Waals surface area (Å²) >= 11 is 5.97. The molecule has 5 nitrogen and oxygen atoms in total. The van der Waals surface area contributed by atoms with Crippen LogP contribution in [0.25, 0.3) is 10.9 Å². The third-order valence-electron chi connectivity index (χ3n) is 4.61. The van der Waals surface area contributed by atoms with E-state index in [2.05, 4.69) is 10.2 Å². The number of fused-ring (bicyclic) bond motifs is 1. The summed E-state index contributed by atoms with van der Waals surface area (Å²) in [6.45, 7) is 0.755. The highest BCUT2D eigenvalue weighted by atomic mass is 35.5. The number of hydrogen-bond acceptors (Lipinski definition) is 3. The molecule has 1 amide bonds. The normalized spacial score (nSPS) is 17.5. The third kappa shape index (κ3) is 2.51. The van der Waals surface area contributed by atoms with Gasteiger partial charge >= 0.3 is 0 Å². The van der Waals surface area contributed by atoms with Gasteiger partial charge < -0.3 is 10.6 Å². The Morgan fingerprint density at radius 1 is 1.25 bits per heavy atom. The third-order valence-corrected chi connectivity index (χ3v) is 4.86. The molecule has 0 spiro atoms. The highest BCUT2D eigenvalue weighted by Crippen LogP contribution is 2.34. The summed E-state index contributed by atoms with van der Waals surface area (Å²) in [5.41, 5.74) is 8.44. The van der Waals surface area contributed by atoms with Crippen molar-refractivity contribution in [2.75, 3.05) is 12.3 Å². The van der Waals surface area contributed by atoms with Gasteiger partial charge in [-0.3, -0.25) is 9.89 Å². The zero-order valence-electron chi connectivity index (χ0n) is 13.0. The number of nitrogen functional groups attached to an aromatic ring is 1. The minimum atomic E-state index is 0.0231. The number of rotatable bonds is 2. The first-order chi connectivity index (χ1) is 11.6. The molecule has 3 N–H and O–H groups in total. The monoisotopic (exact) mass is 340 g/mol. The minimum Gasteiger partial charge on any atom is -0.382 e. The number of nitrogens with two attached hydrogens (primary N) is 1. The number of likely N-dealkylation sites (tertiary alicyclic amines) is 1. The summed E-state index contributed by atoms with van der Waals surface area (Å²) in [5.74, 6) is 0.435. The van der Waals surface area contributed by atoms with E-state index in [4.69, 9.17) is 17.3 Å². The van der Waals surface area contributed by atoms with Crippen LogP contribution in [0.5, 0.6) is 0 Å². The van der Waals surface area contributed by atoms with Gasteiger partial charge in [-0.25, -0.2) is 0 Å². The summed E-state index contributed by atoms with van der Waals surface area (Å²) in [4.78, 5) is 14.9. The molecule has 1 saturated heterocycles. The molecule has 0 aliphatic carbocycles. The Bertz CT molecular complexity index is 903. The van der Waals surface area contributed by atoms with Gasteiger partial charge in [0.05, 0.1) is 11.6 Å². The van der Waals surface area contributed by atoms with E-state index in [1.165, 1.54) is 0 Å². The largest absolute Gasteiger partial charge is 0.382 e. The highest BCUT2D eigenvalue weighted by Gasteiger charge is 2.30. The molecule has 0 saturated carbocycles. The van der Waals surface area contributed by atoms with E-state index >= 15 is 0 Å². The first-order valence-corrected chi connectivity index (χ1v) is 8.31. The molecule has 3 aromatic rings. The van der Waals surface area contributed by atoms with Crippen molar-refractivity contribution in [1.29, 1.82) is 0 Å². The number of H-pyrrole nitrogens is 1. The van der Waals surface area contributed by atoms with E-state index in [1.54, 1.807) is 0 Å². The second-order valence-corrected chi connectivity index (χ2v) is 6.51. The fourth-order valence-electron chi connectivity index (χ4n) is 3.37. The number of amides is 1. The van der Waals surface area contributed by atoms with Gasteiger partial charge in [0.15, 0.2) is 5.82 Å². The van der Waals surface area contributed by atoms with Gasteiger partial charge in [0.25, 0.3) is 5.91 Å². The van der Waals surface area contributed by atoms with Gasteiger partial charge in [-0.2, -0.15) is 5.10 Å². The number of anilines is 1. The summed E-state index contributed by atoms with van der Waals surface area (Å²) < 4.78 is 0. The molecule has 0 radical (unpaired) electrons. The maximum Gasteiger partial charge on any atom is 0.254 e. The van der Waals surface area contributed by atoms with Crippen LogP contribution in [0.1, 0.15) is 34.8 Å². The number of nitrogens with zero attached hydrogens (tertiary/aromatic N) is 2. The van der Waals surface area contributed by atoms with Crippen LogP contribution in [0, 0.1) is 0 Å². The van der Waals surface area contributed by atoms with Crippen LogP contribution >= 0.6 is 11.6 Å². The summed E-state index contributed by atoms with van der Waals surface area (Å²) in [6.07, 6.45) is 1.96. The number of carbonyl (C=O) groups is 1. The second-order valence-electron chi connectivity index (χ2n) is 6.08. The van der Waals surface area contributed by atoms with Gasteiger partial charge in [0, 0.05) is 22.5 Å². The molecule has 1 atom stereocenters. The van der Waals surface area contributed by atoms with Crippen LogP contribution in [-0.2, 0) is 0 Å². The molecule has 0 unspecified atom stereocenters. The van der Waals surface area contributed by atoms with Gasteiger partial charge in [-0.05, 0) is 48.7 Å². The van der Waals surface area contributed by atoms with E-state index in [1.807, 2.05) is 47.4 Å². The lowest BCUT2D eigenvalue weighted by molar-refractivity contribution is 0.0736. The van der Waals surface area contributed by atoms with Crippen LogP contribution in [-0.4, -0.2) is 27.5 Å². The lowest BCUT2D eigenvalue weighted by atomic mass is 10.0. The maximum absolute atomic E-state index is 13.0. The number of aromatic nitrogens is 2. The topological polar surface area (TPSA) is 75.0 Å². The summed E-state index contributed by atoms with van der Waals surface area (Å²) in [6, 6.07) is 13.3. The van der Waals surface area contributed by atoms with Crippen molar-refractivity contribution in [1.82, 2.24) is 15.1 Å². The van der Waals surface area contributed by atoms with E-state index in [9.17, 15) is 4.79 Å². The lowest BCUT2D eigenvalue weighted by Gasteiger charge is -2.25. The van der Waals surface area contributed by atoms with Crippen LogP contribution < -0.4 is 5.73 Å². The molecule has 1 aliphatic rings. The van der Waals surface area contributed by atoms with E-state index in [0.717, 1.165) is 35.9 Å². The zero-order valence-corrected chi connectivity index (χ0v) is 13.8. The Hall–Kier alpha value is -2.53. The SMILES string of the molecule is Nc1n[nH]c2ccc(C(=O)N3CCC[C@H]3c3ccc(Cl)cc3)cc12. The second kappa shape index (κ2) is 5.83. The van der Waals surface area contributed by atoms with Crippen molar-refractivity contribution in [3.05, 3.63) is 58.6 Å². The number of carbonyl (C=O) groups excluding carboxylic acids is 1. The standard InChI is InChI=1S/C18H17ClN4O/c19-13-6-3-11(4-7-13)16-2-1-9-23(16)18(24)12-5-8-15-14(10-12)17(20)22-21-15/h3-8,10,16H,1-2,9H2,(H3,20,21,22)/t16-/m0/s1. The van der Waals surface area contributed by atoms with E-state index in [0.29, 0.717) is 16.4 Å². The average Bonchev–Trinajstić information content (AvgIpc) is 3.22.